The van der Waals surface area contributed by atoms with Crippen LogP contribution in [0.3, 0.4) is 0 Å². The van der Waals surface area contributed by atoms with Crippen molar-refractivity contribution < 1.29 is 5.11 Å². The molecule has 4 nitrogen and oxygen atoms in total. The first kappa shape index (κ1) is 7.49. The van der Waals surface area contributed by atoms with Crippen molar-refractivity contribution in [3.05, 3.63) is 18.6 Å². The SMILES string of the molecule is OCC1CCN1c1ccncn1. The van der Waals surface area contributed by atoms with Crippen LogP contribution in [0.2, 0.25) is 0 Å². The first-order valence-electron chi connectivity index (χ1n) is 4.05. The van der Waals surface area contributed by atoms with Gasteiger partial charge in [0.05, 0.1) is 12.6 Å². The van der Waals surface area contributed by atoms with Crippen molar-refractivity contribution in [3.63, 3.8) is 0 Å². The molecule has 1 N–H and O–H groups in total. The van der Waals surface area contributed by atoms with E-state index in [1.807, 2.05) is 6.07 Å². The lowest BCUT2D eigenvalue weighted by Crippen LogP contribution is -2.50. The van der Waals surface area contributed by atoms with Gasteiger partial charge in [-0.2, -0.15) is 0 Å². The fourth-order valence-electron chi connectivity index (χ4n) is 1.39. The molecule has 2 rings (SSSR count). The third kappa shape index (κ3) is 1.14. The molecular formula is C8H11N3O. The summed E-state index contributed by atoms with van der Waals surface area (Å²) >= 11 is 0. The fraction of sp³-hybridized carbons (Fsp3) is 0.500. The van der Waals surface area contributed by atoms with Crippen LogP contribution in [0.5, 0.6) is 0 Å². The van der Waals surface area contributed by atoms with Gasteiger partial charge in [0.2, 0.25) is 0 Å². The number of aromatic nitrogens is 2. The second kappa shape index (κ2) is 3.06. The van der Waals surface area contributed by atoms with Crippen molar-refractivity contribution >= 4 is 5.82 Å². The number of rotatable bonds is 2. The van der Waals surface area contributed by atoms with Gasteiger partial charge in [-0.3, -0.25) is 0 Å². The van der Waals surface area contributed by atoms with Crippen LogP contribution in [0.4, 0.5) is 5.82 Å². The Morgan fingerprint density at radius 1 is 1.67 bits per heavy atom. The normalized spacial score (nSPS) is 22.1. The maximum absolute atomic E-state index is 8.93. The highest BCUT2D eigenvalue weighted by atomic mass is 16.3. The molecule has 0 bridgehead atoms. The van der Waals surface area contributed by atoms with Gasteiger partial charge in [0.1, 0.15) is 12.1 Å². The van der Waals surface area contributed by atoms with Crippen LogP contribution in [0.15, 0.2) is 18.6 Å². The molecule has 0 amide bonds. The Morgan fingerprint density at radius 3 is 3.08 bits per heavy atom. The monoisotopic (exact) mass is 165 g/mol. The van der Waals surface area contributed by atoms with Gasteiger partial charge in [0.25, 0.3) is 0 Å². The predicted octanol–water partition coefficient (Wildman–Crippen LogP) is 0.0476. The lowest BCUT2D eigenvalue weighted by molar-refractivity contribution is 0.225. The van der Waals surface area contributed by atoms with Crippen LogP contribution in [-0.2, 0) is 0 Å². The maximum Gasteiger partial charge on any atom is 0.132 e. The lowest BCUT2D eigenvalue weighted by Gasteiger charge is -2.40. The number of anilines is 1. The van der Waals surface area contributed by atoms with Crippen molar-refractivity contribution in [3.8, 4) is 0 Å². The zero-order valence-corrected chi connectivity index (χ0v) is 6.72. The van der Waals surface area contributed by atoms with E-state index in [-0.39, 0.29) is 12.6 Å². The Hall–Kier alpha value is -1.16. The molecule has 2 heterocycles. The molecule has 0 spiro atoms. The maximum atomic E-state index is 8.93. The van der Waals surface area contributed by atoms with E-state index in [0.717, 1.165) is 18.8 Å². The summed E-state index contributed by atoms with van der Waals surface area (Å²) in [6.45, 7) is 1.20. The molecule has 12 heavy (non-hydrogen) atoms. The average molecular weight is 165 g/mol. The highest BCUT2D eigenvalue weighted by molar-refractivity contribution is 5.41. The van der Waals surface area contributed by atoms with Crippen LogP contribution < -0.4 is 4.90 Å². The molecule has 0 aromatic carbocycles. The summed E-state index contributed by atoms with van der Waals surface area (Å²) in [6, 6.07) is 2.13. The van der Waals surface area contributed by atoms with E-state index < -0.39 is 0 Å². The van der Waals surface area contributed by atoms with Crippen LogP contribution >= 0.6 is 0 Å². The Kier molecular flexibility index (Phi) is 1.91. The zero-order chi connectivity index (χ0) is 8.39. The summed E-state index contributed by atoms with van der Waals surface area (Å²) in [5.41, 5.74) is 0. The largest absolute Gasteiger partial charge is 0.394 e. The van der Waals surface area contributed by atoms with E-state index in [2.05, 4.69) is 14.9 Å². The van der Waals surface area contributed by atoms with Gasteiger partial charge in [-0.05, 0) is 12.5 Å². The van der Waals surface area contributed by atoms with Crippen LogP contribution in [-0.4, -0.2) is 34.3 Å². The van der Waals surface area contributed by atoms with Gasteiger partial charge in [0, 0.05) is 12.7 Å². The molecule has 1 fully saturated rings. The highest BCUT2D eigenvalue weighted by Crippen LogP contribution is 2.22. The second-order valence-electron chi connectivity index (χ2n) is 2.89. The Morgan fingerprint density at radius 2 is 2.58 bits per heavy atom. The van der Waals surface area contributed by atoms with Crippen LogP contribution in [0.25, 0.3) is 0 Å². The van der Waals surface area contributed by atoms with Crippen molar-refractivity contribution in [2.24, 2.45) is 0 Å². The number of hydrogen-bond donors (Lipinski definition) is 1. The van der Waals surface area contributed by atoms with E-state index >= 15 is 0 Å². The minimum atomic E-state index is 0.212. The standard InChI is InChI=1S/C8H11N3O/c12-5-7-2-4-11(7)8-1-3-9-6-10-8/h1,3,6-7,12H,2,4-5H2. The van der Waals surface area contributed by atoms with Gasteiger partial charge in [-0.1, -0.05) is 0 Å². The molecule has 1 aliphatic heterocycles. The summed E-state index contributed by atoms with van der Waals surface area (Å²) in [5, 5.41) is 8.93. The molecule has 64 valence electrons. The van der Waals surface area contributed by atoms with Gasteiger partial charge in [-0.15, -0.1) is 0 Å². The molecule has 1 saturated heterocycles. The third-order valence-electron chi connectivity index (χ3n) is 2.22. The number of hydrogen-bond acceptors (Lipinski definition) is 4. The zero-order valence-electron chi connectivity index (χ0n) is 6.72. The van der Waals surface area contributed by atoms with E-state index in [4.69, 9.17) is 5.11 Å². The Labute approximate surface area is 70.9 Å². The molecule has 1 unspecified atom stereocenters. The summed E-state index contributed by atoms with van der Waals surface area (Å²) < 4.78 is 0. The second-order valence-corrected chi connectivity index (χ2v) is 2.89. The van der Waals surface area contributed by atoms with Crippen molar-refractivity contribution in [1.82, 2.24) is 9.97 Å². The molecule has 0 radical (unpaired) electrons. The lowest BCUT2D eigenvalue weighted by atomic mass is 10.0. The molecule has 1 atom stereocenters. The summed E-state index contributed by atoms with van der Waals surface area (Å²) in [5.74, 6) is 0.912. The van der Waals surface area contributed by atoms with Crippen molar-refractivity contribution in [1.29, 1.82) is 0 Å². The van der Waals surface area contributed by atoms with Crippen molar-refractivity contribution in [2.75, 3.05) is 18.1 Å². The third-order valence-corrected chi connectivity index (χ3v) is 2.22. The molecule has 4 heteroatoms. The first-order valence-corrected chi connectivity index (χ1v) is 4.05. The summed E-state index contributed by atoms with van der Waals surface area (Å²) in [7, 11) is 0. The smallest absolute Gasteiger partial charge is 0.132 e. The minimum absolute atomic E-state index is 0.212. The number of nitrogens with zero attached hydrogens (tertiary/aromatic N) is 3. The van der Waals surface area contributed by atoms with E-state index in [0.29, 0.717) is 0 Å². The van der Waals surface area contributed by atoms with E-state index in [9.17, 15) is 0 Å². The number of aliphatic hydroxyl groups excluding tert-OH is 1. The van der Waals surface area contributed by atoms with Crippen LogP contribution in [0, 0.1) is 0 Å². The Balaban J connectivity index is 2.11. The van der Waals surface area contributed by atoms with Gasteiger partial charge in [0.15, 0.2) is 0 Å². The van der Waals surface area contributed by atoms with Gasteiger partial charge < -0.3 is 10.0 Å². The predicted molar refractivity (Wildman–Crippen MR) is 44.9 cm³/mol. The molecule has 1 aromatic rings. The van der Waals surface area contributed by atoms with Gasteiger partial charge in [-0.25, -0.2) is 9.97 Å². The average Bonchev–Trinajstić information content (AvgIpc) is 2.05. The number of aliphatic hydroxyl groups is 1. The van der Waals surface area contributed by atoms with Gasteiger partial charge >= 0.3 is 0 Å². The van der Waals surface area contributed by atoms with E-state index in [1.54, 1.807) is 6.20 Å². The fourth-order valence-corrected chi connectivity index (χ4v) is 1.39. The minimum Gasteiger partial charge on any atom is -0.394 e. The molecule has 1 aliphatic rings. The van der Waals surface area contributed by atoms with E-state index in [1.165, 1.54) is 6.33 Å². The molecule has 0 aliphatic carbocycles. The first-order chi connectivity index (χ1) is 5.92. The quantitative estimate of drug-likeness (QED) is 0.672. The highest BCUT2D eigenvalue weighted by Gasteiger charge is 2.27. The van der Waals surface area contributed by atoms with Crippen LogP contribution in [0.1, 0.15) is 6.42 Å². The van der Waals surface area contributed by atoms with Crippen molar-refractivity contribution in [2.45, 2.75) is 12.5 Å². The molecular weight excluding hydrogens is 154 g/mol. The summed E-state index contributed by atoms with van der Waals surface area (Å²) in [6.07, 6.45) is 4.30. The summed E-state index contributed by atoms with van der Waals surface area (Å²) in [4.78, 5) is 10.0. The molecule has 1 aromatic heterocycles. The topological polar surface area (TPSA) is 49.2 Å². The molecule has 0 saturated carbocycles. The Bertz CT molecular complexity index is 250.